The Labute approximate surface area is 130 Å². The number of primary amides is 1. The number of aromatic nitrogens is 3. The number of carbonyl (C=O) groups is 1. The van der Waals surface area contributed by atoms with Crippen molar-refractivity contribution in [2.24, 2.45) is 5.73 Å². The minimum atomic E-state index is -0.559. The number of nitrogens with zero attached hydrogens (tertiary/aromatic N) is 4. The van der Waals surface area contributed by atoms with E-state index in [9.17, 15) is 4.79 Å². The number of hydrogen-bond donors (Lipinski definition) is 1. The predicted octanol–water partition coefficient (Wildman–Crippen LogP) is 2.07. The van der Waals surface area contributed by atoms with E-state index in [-0.39, 0.29) is 11.7 Å². The molecule has 108 valence electrons. The van der Waals surface area contributed by atoms with E-state index < -0.39 is 5.91 Å². The monoisotopic (exact) mass is 347 g/mol. The van der Waals surface area contributed by atoms with Gasteiger partial charge in [-0.05, 0) is 40.4 Å². The van der Waals surface area contributed by atoms with Gasteiger partial charge in [-0.1, -0.05) is 0 Å². The van der Waals surface area contributed by atoms with E-state index in [2.05, 4.69) is 35.8 Å². The second kappa shape index (κ2) is 5.77. The number of hydrogen-bond acceptors (Lipinski definition) is 5. The van der Waals surface area contributed by atoms with Gasteiger partial charge in [-0.2, -0.15) is 0 Å². The van der Waals surface area contributed by atoms with Crippen LogP contribution in [0.15, 0.2) is 35.3 Å². The standard InChI is InChI=1S/C14H14BrN5O/c15-10-6-9(7-17-8-10)11-2-1-5-20(11)14-12(13(16)21)18-3-4-19-14/h3-4,6-8,11H,1-2,5H2,(H2,16,21). The lowest BCUT2D eigenvalue weighted by Gasteiger charge is -2.26. The first-order chi connectivity index (χ1) is 10.2. The fraction of sp³-hybridized carbons (Fsp3) is 0.286. The highest BCUT2D eigenvalue weighted by atomic mass is 79.9. The largest absolute Gasteiger partial charge is 0.364 e. The van der Waals surface area contributed by atoms with Gasteiger partial charge in [0.25, 0.3) is 5.91 Å². The zero-order valence-electron chi connectivity index (χ0n) is 11.2. The number of nitrogens with two attached hydrogens (primary N) is 1. The Kier molecular flexibility index (Phi) is 3.83. The van der Waals surface area contributed by atoms with E-state index in [0.717, 1.165) is 29.4 Å². The molecule has 1 unspecified atom stereocenters. The summed E-state index contributed by atoms with van der Waals surface area (Å²) in [4.78, 5) is 26.2. The smallest absolute Gasteiger partial charge is 0.271 e. The van der Waals surface area contributed by atoms with Gasteiger partial charge in [0.05, 0.1) is 6.04 Å². The Bertz CT molecular complexity index is 678. The van der Waals surface area contributed by atoms with E-state index in [0.29, 0.717) is 5.82 Å². The van der Waals surface area contributed by atoms with Crippen molar-refractivity contribution in [1.82, 2.24) is 15.0 Å². The highest BCUT2D eigenvalue weighted by Crippen LogP contribution is 2.36. The highest BCUT2D eigenvalue weighted by Gasteiger charge is 2.30. The third-order valence-corrected chi connectivity index (χ3v) is 3.98. The maximum absolute atomic E-state index is 11.5. The average molecular weight is 348 g/mol. The summed E-state index contributed by atoms with van der Waals surface area (Å²) in [7, 11) is 0. The minimum absolute atomic E-state index is 0.129. The van der Waals surface area contributed by atoms with Crippen molar-refractivity contribution < 1.29 is 4.79 Å². The Balaban J connectivity index is 2.00. The SMILES string of the molecule is NC(=O)c1nccnc1N1CCCC1c1cncc(Br)c1. The van der Waals surface area contributed by atoms with E-state index >= 15 is 0 Å². The molecule has 1 amide bonds. The molecule has 0 spiro atoms. The van der Waals surface area contributed by atoms with Crippen molar-refractivity contribution in [1.29, 1.82) is 0 Å². The van der Waals surface area contributed by atoms with Gasteiger partial charge in [-0.25, -0.2) is 9.97 Å². The Hall–Kier alpha value is -2.02. The first-order valence-corrected chi connectivity index (χ1v) is 7.44. The molecule has 0 bridgehead atoms. The van der Waals surface area contributed by atoms with Crippen molar-refractivity contribution in [2.75, 3.05) is 11.4 Å². The van der Waals surface area contributed by atoms with Crippen LogP contribution in [0.5, 0.6) is 0 Å². The summed E-state index contributed by atoms with van der Waals surface area (Å²) in [6, 6.07) is 2.17. The summed E-state index contributed by atoms with van der Waals surface area (Å²) in [6.07, 6.45) is 8.65. The molecule has 0 aromatic carbocycles. The predicted molar refractivity (Wildman–Crippen MR) is 81.8 cm³/mol. The van der Waals surface area contributed by atoms with Crippen molar-refractivity contribution in [2.45, 2.75) is 18.9 Å². The fourth-order valence-electron chi connectivity index (χ4n) is 2.69. The van der Waals surface area contributed by atoms with Gasteiger partial charge in [-0.15, -0.1) is 0 Å². The van der Waals surface area contributed by atoms with E-state index in [1.165, 1.54) is 6.20 Å². The molecule has 0 radical (unpaired) electrons. The Morgan fingerprint density at radius 2 is 2.14 bits per heavy atom. The lowest BCUT2D eigenvalue weighted by atomic mass is 10.1. The molecule has 2 N–H and O–H groups in total. The summed E-state index contributed by atoms with van der Waals surface area (Å²) >= 11 is 3.44. The van der Waals surface area contributed by atoms with Crippen LogP contribution in [0, 0.1) is 0 Å². The molecule has 7 heteroatoms. The summed E-state index contributed by atoms with van der Waals surface area (Å²) in [6.45, 7) is 0.816. The van der Waals surface area contributed by atoms with E-state index in [4.69, 9.17) is 5.73 Å². The average Bonchev–Trinajstić information content (AvgIpc) is 2.96. The molecule has 21 heavy (non-hydrogen) atoms. The van der Waals surface area contributed by atoms with Crippen LogP contribution in [0.3, 0.4) is 0 Å². The van der Waals surface area contributed by atoms with Crippen LogP contribution in [0.25, 0.3) is 0 Å². The molecule has 2 aromatic heterocycles. The van der Waals surface area contributed by atoms with Crippen LogP contribution < -0.4 is 10.6 Å². The Morgan fingerprint density at radius 1 is 1.33 bits per heavy atom. The molecule has 1 fully saturated rings. The summed E-state index contributed by atoms with van der Waals surface area (Å²) in [5, 5.41) is 0. The summed E-state index contributed by atoms with van der Waals surface area (Å²) in [5.41, 5.74) is 6.70. The number of pyridine rings is 1. The molecule has 6 nitrogen and oxygen atoms in total. The lowest BCUT2D eigenvalue weighted by Crippen LogP contribution is -2.28. The highest BCUT2D eigenvalue weighted by molar-refractivity contribution is 9.10. The second-order valence-electron chi connectivity index (χ2n) is 4.88. The molecule has 1 atom stereocenters. The lowest BCUT2D eigenvalue weighted by molar-refractivity contribution is 0.0995. The summed E-state index contributed by atoms with van der Waals surface area (Å²) < 4.78 is 0.932. The first kappa shape index (κ1) is 13.9. The molecular weight excluding hydrogens is 334 g/mol. The van der Waals surface area contributed by atoms with Gasteiger partial charge in [0.15, 0.2) is 11.5 Å². The van der Waals surface area contributed by atoms with Crippen LogP contribution in [0.1, 0.15) is 34.9 Å². The zero-order valence-corrected chi connectivity index (χ0v) is 12.8. The molecule has 1 saturated heterocycles. The van der Waals surface area contributed by atoms with Crippen LogP contribution in [0.2, 0.25) is 0 Å². The normalized spacial score (nSPS) is 18.0. The minimum Gasteiger partial charge on any atom is -0.364 e. The van der Waals surface area contributed by atoms with E-state index in [1.807, 2.05) is 12.3 Å². The third-order valence-electron chi connectivity index (χ3n) is 3.55. The van der Waals surface area contributed by atoms with Gasteiger partial charge in [0.2, 0.25) is 0 Å². The molecule has 1 aliphatic heterocycles. The van der Waals surface area contributed by atoms with Gasteiger partial charge in [0.1, 0.15) is 0 Å². The number of halogens is 1. The quantitative estimate of drug-likeness (QED) is 0.918. The maximum Gasteiger partial charge on any atom is 0.271 e. The molecule has 1 aliphatic rings. The van der Waals surface area contributed by atoms with Crippen molar-refractivity contribution in [3.8, 4) is 0 Å². The zero-order chi connectivity index (χ0) is 14.8. The molecule has 2 aromatic rings. The number of rotatable bonds is 3. The van der Waals surface area contributed by atoms with Crippen LogP contribution in [-0.4, -0.2) is 27.4 Å². The topological polar surface area (TPSA) is 85.0 Å². The number of amides is 1. The fourth-order valence-corrected chi connectivity index (χ4v) is 3.07. The van der Waals surface area contributed by atoms with Gasteiger partial charge in [0, 0.05) is 35.8 Å². The van der Waals surface area contributed by atoms with Gasteiger partial charge in [-0.3, -0.25) is 9.78 Å². The van der Waals surface area contributed by atoms with Crippen molar-refractivity contribution >= 4 is 27.7 Å². The molecule has 3 rings (SSSR count). The molecule has 3 heterocycles. The van der Waals surface area contributed by atoms with E-state index in [1.54, 1.807) is 12.4 Å². The Morgan fingerprint density at radius 3 is 2.90 bits per heavy atom. The maximum atomic E-state index is 11.5. The van der Waals surface area contributed by atoms with Crippen molar-refractivity contribution in [3.63, 3.8) is 0 Å². The van der Waals surface area contributed by atoms with Crippen LogP contribution >= 0.6 is 15.9 Å². The van der Waals surface area contributed by atoms with Gasteiger partial charge < -0.3 is 10.6 Å². The molecular formula is C14H14BrN5O. The second-order valence-corrected chi connectivity index (χ2v) is 5.80. The van der Waals surface area contributed by atoms with Gasteiger partial charge >= 0.3 is 0 Å². The number of anilines is 1. The summed E-state index contributed by atoms with van der Waals surface area (Å²) in [5.74, 6) is -0.0106. The van der Waals surface area contributed by atoms with Crippen LogP contribution in [-0.2, 0) is 0 Å². The number of carbonyl (C=O) groups excluding carboxylic acids is 1. The third kappa shape index (κ3) is 2.73. The molecule has 0 aliphatic carbocycles. The van der Waals surface area contributed by atoms with Crippen LogP contribution in [0.4, 0.5) is 5.82 Å². The van der Waals surface area contributed by atoms with Crippen molar-refractivity contribution in [3.05, 3.63) is 46.6 Å². The molecule has 0 saturated carbocycles. The first-order valence-electron chi connectivity index (χ1n) is 6.64.